The maximum Gasteiger partial charge on any atom is 0.264 e. The molecule has 0 radical (unpaired) electrons. The predicted octanol–water partition coefficient (Wildman–Crippen LogP) is 6.54. The number of fused-ring (bicyclic) bond motifs is 2. The van der Waals surface area contributed by atoms with Gasteiger partial charge < -0.3 is 33.8 Å². The fourth-order valence-electron chi connectivity index (χ4n) is 7.36. The fraction of sp³-hybridized carbons (Fsp3) is 0.268. The van der Waals surface area contributed by atoms with Gasteiger partial charge in [-0.25, -0.2) is 0 Å². The molecular formula is C41H41N5O5. The number of benzene rings is 4. The number of phenolic OH excluding ortho intramolecular Hbond substituents is 1. The second kappa shape index (κ2) is 13.2. The van der Waals surface area contributed by atoms with E-state index in [2.05, 4.69) is 42.0 Å². The van der Waals surface area contributed by atoms with Crippen molar-refractivity contribution in [3.8, 4) is 22.9 Å². The Hall–Kier alpha value is -5.74. The van der Waals surface area contributed by atoms with Gasteiger partial charge in [0.25, 0.3) is 11.8 Å². The first-order valence-electron chi connectivity index (χ1n) is 17.4. The largest absolute Gasteiger partial charge is 0.508 e. The number of amides is 2. The molecular weight excluding hydrogens is 642 g/mol. The van der Waals surface area contributed by atoms with Gasteiger partial charge in [-0.05, 0) is 93.0 Å². The summed E-state index contributed by atoms with van der Waals surface area (Å²) in [5.74, 6) is 0.828. The van der Waals surface area contributed by atoms with E-state index in [1.54, 1.807) is 41.4 Å². The van der Waals surface area contributed by atoms with Crippen LogP contribution in [0.25, 0.3) is 5.69 Å². The van der Waals surface area contributed by atoms with Crippen molar-refractivity contribution in [1.29, 1.82) is 0 Å². The molecule has 1 aromatic heterocycles. The number of phenols is 1. The van der Waals surface area contributed by atoms with Crippen LogP contribution >= 0.6 is 0 Å². The molecule has 5 aromatic rings. The van der Waals surface area contributed by atoms with Gasteiger partial charge in [0.15, 0.2) is 11.5 Å². The summed E-state index contributed by atoms with van der Waals surface area (Å²) in [5.41, 5.74) is 7.09. The average molecular weight is 684 g/mol. The van der Waals surface area contributed by atoms with E-state index in [1.165, 1.54) is 5.56 Å². The molecule has 0 aliphatic carbocycles. The van der Waals surface area contributed by atoms with Gasteiger partial charge in [-0.3, -0.25) is 14.5 Å². The first-order valence-corrected chi connectivity index (χ1v) is 17.4. The van der Waals surface area contributed by atoms with Crippen molar-refractivity contribution < 1.29 is 24.2 Å². The van der Waals surface area contributed by atoms with Crippen molar-refractivity contribution >= 4 is 28.9 Å². The number of carbonyl (C=O) groups excluding carboxylic acids is 2. The number of carbonyl (C=O) groups is 2. The average Bonchev–Trinajstić information content (AvgIpc) is 3.77. The Morgan fingerprint density at radius 3 is 2.31 bits per heavy atom. The normalized spacial score (nSPS) is 17.0. The van der Waals surface area contributed by atoms with Crippen molar-refractivity contribution in [3.05, 3.63) is 125 Å². The lowest BCUT2D eigenvalue weighted by molar-refractivity contribution is 0.0657. The highest BCUT2D eigenvalue weighted by atomic mass is 16.7. The van der Waals surface area contributed by atoms with Crippen LogP contribution in [-0.4, -0.2) is 77.3 Å². The molecule has 51 heavy (non-hydrogen) atoms. The minimum Gasteiger partial charge on any atom is -0.508 e. The Balaban J connectivity index is 1.17. The second-order valence-electron chi connectivity index (χ2n) is 13.7. The number of ether oxygens (including phenoxy) is 2. The lowest BCUT2D eigenvalue weighted by Gasteiger charge is -2.35. The van der Waals surface area contributed by atoms with Crippen molar-refractivity contribution in [1.82, 2.24) is 14.4 Å². The molecule has 0 unspecified atom stereocenters. The van der Waals surface area contributed by atoms with Crippen LogP contribution in [0.1, 0.15) is 44.5 Å². The molecule has 4 heterocycles. The van der Waals surface area contributed by atoms with Crippen LogP contribution < -0.4 is 19.3 Å². The van der Waals surface area contributed by atoms with E-state index in [0.29, 0.717) is 46.2 Å². The highest BCUT2D eigenvalue weighted by Crippen LogP contribution is 2.39. The van der Waals surface area contributed by atoms with Crippen LogP contribution in [0, 0.1) is 6.92 Å². The Kier molecular flexibility index (Phi) is 8.39. The first kappa shape index (κ1) is 32.5. The molecule has 8 rings (SSSR count). The summed E-state index contributed by atoms with van der Waals surface area (Å²) in [6.07, 6.45) is 2.56. The number of rotatable bonds is 6. The topological polar surface area (TPSA) is 90.7 Å². The molecule has 10 nitrogen and oxygen atoms in total. The zero-order valence-electron chi connectivity index (χ0n) is 29.1. The van der Waals surface area contributed by atoms with Crippen LogP contribution in [0.15, 0.2) is 97.2 Å². The van der Waals surface area contributed by atoms with Gasteiger partial charge in [0.2, 0.25) is 6.79 Å². The molecule has 1 saturated heterocycles. The minimum atomic E-state index is -0.243. The standard InChI is InChI=1S/C41H41N5O5/c1-27-20-31(40(48)46(32-11-13-35(47)14-12-32)34-10-6-9-33(21-34)43-17-15-42(3)16-18-43)25-44(27)37-23-39-38(50-26-51-39)22-36(37)41(49)45-24-30-8-5-4-7-29(30)19-28(45)2/h4-14,20-23,25,28,47H,15-19,24,26H2,1-3H3/t28-/m1/s1. The molecule has 1 N–H and O–H groups in total. The minimum absolute atomic E-state index is 0.00551. The van der Waals surface area contributed by atoms with Gasteiger partial charge in [0, 0.05) is 68.1 Å². The predicted molar refractivity (Wildman–Crippen MR) is 197 cm³/mol. The summed E-state index contributed by atoms with van der Waals surface area (Å²) in [6.45, 7) is 8.31. The van der Waals surface area contributed by atoms with Gasteiger partial charge >= 0.3 is 0 Å². The number of likely N-dealkylation sites (N-methyl/N-ethyl adjacent to an activating group) is 1. The molecule has 4 aromatic carbocycles. The lowest BCUT2D eigenvalue weighted by atomic mass is 9.94. The van der Waals surface area contributed by atoms with E-state index in [-0.39, 0.29) is 30.4 Å². The summed E-state index contributed by atoms with van der Waals surface area (Å²) in [4.78, 5) is 37.4. The molecule has 1 fully saturated rings. The fourth-order valence-corrected chi connectivity index (χ4v) is 7.36. The number of nitrogens with zero attached hydrogens (tertiary/aromatic N) is 5. The highest BCUT2D eigenvalue weighted by molar-refractivity contribution is 6.11. The summed E-state index contributed by atoms with van der Waals surface area (Å²) >= 11 is 0. The summed E-state index contributed by atoms with van der Waals surface area (Å²) in [7, 11) is 2.13. The van der Waals surface area contributed by atoms with E-state index in [9.17, 15) is 14.7 Å². The SMILES string of the molecule is Cc1cc(C(=O)N(c2ccc(O)cc2)c2cccc(N3CCN(C)CC3)c2)cn1-c1cc2c(cc1C(=O)N1Cc3ccccc3C[C@H]1C)OCO2. The van der Waals surface area contributed by atoms with Crippen LogP contribution in [0.3, 0.4) is 0 Å². The smallest absolute Gasteiger partial charge is 0.264 e. The molecule has 260 valence electrons. The molecule has 3 aliphatic rings. The number of aryl methyl sites for hydroxylation is 1. The highest BCUT2D eigenvalue weighted by Gasteiger charge is 2.32. The molecule has 3 aliphatic heterocycles. The quantitative estimate of drug-likeness (QED) is 0.218. The van der Waals surface area contributed by atoms with E-state index in [1.807, 2.05) is 58.9 Å². The van der Waals surface area contributed by atoms with Crippen LogP contribution in [-0.2, 0) is 13.0 Å². The van der Waals surface area contributed by atoms with E-state index in [0.717, 1.165) is 49.5 Å². The number of aromatic nitrogens is 1. The number of hydrogen-bond donors (Lipinski definition) is 1. The van der Waals surface area contributed by atoms with Crippen LogP contribution in [0.5, 0.6) is 17.2 Å². The molecule has 2 amide bonds. The molecule has 10 heteroatoms. The van der Waals surface area contributed by atoms with Crippen molar-refractivity contribution in [3.63, 3.8) is 0 Å². The van der Waals surface area contributed by atoms with Crippen LogP contribution in [0.2, 0.25) is 0 Å². The third-order valence-electron chi connectivity index (χ3n) is 10.3. The summed E-state index contributed by atoms with van der Waals surface area (Å²) < 4.78 is 13.4. The van der Waals surface area contributed by atoms with Gasteiger partial charge in [-0.15, -0.1) is 0 Å². The van der Waals surface area contributed by atoms with Crippen molar-refractivity contribution in [2.75, 3.05) is 49.8 Å². The molecule has 1 atom stereocenters. The third-order valence-corrected chi connectivity index (χ3v) is 10.3. The van der Waals surface area contributed by atoms with Crippen molar-refractivity contribution in [2.24, 2.45) is 0 Å². The molecule has 0 spiro atoms. The molecule has 0 saturated carbocycles. The number of anilines is 3. The summed E-state index contributed by atoms with van der Waals surface area (Å²) in [5, 5.41) is 10.1. The maximum absolute atomic E-state index is 14.7. The number of piperazine rings is 1. The Morgan fingerprint density at radius 2 is 1.55 bits per heavy atom. The zero-order chi connectivity index (χ0) is 35.2. The Morgan fingerprint density at radius 1 is 0.824 bits per heavy atom. The third kappa shape index (κ3) is 6.16. The van der Waals surface area contributed by atoms with Crippen LogP contribution in [0.4, 0.5) is 17.1 Å². The van der Waals surface area contributed by atoms with E-state index < -0.39 is 0 Å². The number of hydrogen-bond acceptors (Lipinski definition) is 7. The van der Waals surface area contributed by atoms with Crippen molar-refractivity contribution in [2.45, 2.75) is 32.9 Å². The van der Waals surface area contributed by atoms with E-state index in [4.69, 9.17) is 9.47 Å². The van der Waals surface area contributed by atoms with Gasteiger partial charge in [0.05, 0.1) is 22.5 Å². The molecule has 0 bridgehead atoms. The maximum atomic E-state index is 14.7. The van der Waals surface area contributed by atoms with Gasteiger partial charge in [0.1, 0.15) is 5.75 Å². The Bertz CT molecular complexity index is 2120. The van der Waals surface area contributed by atoms with Gasteiger partial charge in [-0.1, -0.05) is 30.3 Å². The lowest BCUT2D eigenvalue weighted by Crippen LogP contribution is -2.44. The van der Waals surface area contributed by atoms with Gasteiger partial charge in [-0.2, -0.15) is 0 Å². The number of aromatic hydroxyl groups is 1. The first-order chi connectivity index (χ1) is 24.7. The van der Waals surface area contributed by atoms with E-state index >= 15 is 0 Å². The zero-order valence-corrected chi connectivity index (χ0v) is 29.1. The Labute approximate surface area is 297 Å². The second-order valence-corrected chi connectivity index (χ2v) is 13.7. The summed E-state index contributed by atoms with van der Waals surface area (Å²) in [6, 6.07) is 28.4. The monoisotopic (exact) mass is 683 g/mol.